The summed E-state index contributed by atoms with van der Waals surface area (Å²) in [5.41, 5.74) is 0.530. The molecule has 4 amide bonds. The van der Waals surface area contributed by atoms with Gasteiger partial charge >= 0.3 is 6.03 Å². The number of carbonyl (C=O) groups is 3. The highest BCUT2D eigenvalue weighted by atomic mass is 16.5. The Kier molecular flexibility index (Phi) is 5.34. The van der Waals surface area contributed by atoms with E-state index < -0.39 is 17.5 Å². The number of para-hydroxylation sites is 1. The van der Waals surface area contributed by atoms with E-state index >= 15 is 0 Å². The summed E-state index contributed by atoms with van der Waals surface area (Å²) in [6.07, 6.45) is 0.932. The fraction of sp³-hybridized carbons (Fsp3) is 0.368. The molecule has 1 fully saturated rings. The van der Waals surface area contributed by atoms with Crippen LogP contribution in [0.1, 0.15) is 26.7 Å². The molecule has 1 aliphatic heterocycles. The Hall–Kier alpha value is -3.36. The van der Waals surface area contributed by atoms with Crippen molar-refractivity contribution in [2.75, 3.05) is 19.0 Å². The fourth-order valence-corrected chi connectivity index (χ4v) is 3.27. The zero-order valence-electron chi connectivity index (χ0n) is 16.0. The third-order valence-electron chi connectivity index (χ3n) is 5.00. The summed E-state index contributed by atoms with van der Waals surface area (Å²) in [7, 11) is 1.57. The molecule has 2 heterocycles. The van der Waals surface area contributed by atoms with E-state index in [4.69, 9.17) is 4.74 Å². The van der Waals surface area contributed by atoms with Gasteiger partial charge < -0.3 is 15.4 Å². The van der Waals surface area contributed by atoms with Crippen LogP contribution in [0.15, 0.2) is 30.3 Å². The number of imide groups is 1. The Morgan fingerprint density at radius 3 is 2.61 bits per heavy atom. The van der Waals surface area contributed by atoms with E-state index in [-0.39, 0.29) is 18.3 Å². The van der Waals surface area contributed by atoms with Gasteiger partial charge in [0.2, 0.25) is 5.91 Å². The van der Waals surface area contributed by atoms with Crippen molar-refractivity contribution in [3.05, 3.63) is 30.3 Å². The number of nitrogens with zero attached hydrogens (tertiary/aromatic N) is 2. The minimum Gasteiger partial charge on any atom is -0.496 e. The number of hydrogen-bond donors (Lipinski definition) is 3. The van der Waals surface area contributed by atoms with E-state index in [1.807, 2.05) is 38.1 Å². The normalized spacial score (nSPS) is 15.5. The molecule has 0 spiro atoms. The molecular formula is C19H23N5O4. The van der Waals surface area contributed by atoms with Crippen molar-refractivity contribution >= 4 is 23.7 Å². The zero-order chi connectivity index (χ0) is 20.3. The van der Waals surface area contributed by atoms with Crippen molar-refractivity contribution in [3.63, 3.8) is 0 Å². The van der Waals surface area contributed by atoms with Crippen molar-refractivity contribution in [2.24, 2.45) is 0 Å². The average molecular weight is 385 g/mol. The summed E-state index contributed by atoms with van der Waals surface area (Å²) in [6.45, 7) is 3.28. The third-order valence-corrected chi connectivity index (χ3v) is 5.00. The predicted octanol–water partition coefficient (Wildman–Crippen LogP) is 2.13. The molecule has 9 heteroatoms. The van der Waals surface area contributed by atoms with E-state index in [1.54, 1.807) is 13.2 Å². The van der Waals surface area contributed by atoms with Crippen LogP contribution in [-0.4, -0.2) is 52.1 Å². The van der Waals surface area contributed by atoms with E-state index in [2.05, 4.69) is 20.8 Å². The largest absolute Gasteiger partial charge is 0.496 e. The second-order valence-electron chi connectivity index (χ2n) is 6.53. The first-order chi connectivity index (χ1) is 13.4. The van der Waals surface area contributed by atoms with Gasteiger partial charge in [0.15, 0.2) is 5.82 Å². The Morgan fingerprint density at radius 1 is 1.25 bits per heavy atom. The Morgan fingerprint density at radius 2 is 1.96 bits per heavy atom. The van der Waals surface area contributed by atoms with Gasteiger partial charge in [-0.15, -0.1) is 0 Å². The zero-order valence-corrected chi connectivity index (χ0v) is 16.0. The third kappa shape index (κ3) is 3.42. The number of carbonyl (C=O) groups excluding carboxylic acids is 3. The first-order valence-corrected chi connectivity index (χ1v) is 9.06. The summed E-state index contributed by atoms with van der Waals surface area (Å²) in [6, 6.07) is 8.50. The molecule has 0 aliphatic carbocycles. The summed E-state index contributed by atoms with van der Waals surface area (Å²) in [5, 5.41) is 12.2. The van der Waals surface area contributed by atoms with Crippen molar-refractivity contribution < 1.29 is 19.1 Å². The molecule has 3 rings (SSSR count). The Balaban J connectivity index is 1.69. The fourth-order valence-electron chi connectivity index (χ4n) is 3.27. The molecule has 9 nitrogen and oxygen atoms in total. The molecule has 1 aliphatic rings. The maximum absolute atomic E-state index is 12.6. The maximum Gasteiger partial charge on any atom is 0.325 e. The van der Waals surface area contributed by atoms with Gasteiger partial charge in [0.05, 0.1) is 12.8 Å². The van der Waals surface area contributed by atoms with Crippen molar-refractivity contribution in [3.8, 4) is 17.0 Å². The Labute approximate surface area is 162 Å². The van der Waals surface area contributed by atoms with E-state index in [9.17, 15) is 14.4 Å². The standard InChI is InChI=1S/C19H23N5O4/c1-4-19(5-2)17(26)24(18(27)21-19)11-16(25)20-15-10-13(22-23-15)12-8-6-7-9-14(12)28-3/h6-10H,4-5,11H2,1-3H3,(H,21,27)(H2,20,22,23,25). The summed E-state index contributed by atoms with van der Waals surface area (Å²) < 4.78 is 5.32. The Bertz CT molecular complexity index is 903. The number of anilines is 1. The number of rotatable bonds is 7. The van der Waals surface area contributed by atoms with Gasteiger partial charge in [0.25, 0.3) is 5.91 Å². The molecule has 148 valence electrons. The van der Waals surface area contributed by atoms with Crippen LogP contribution < -0.4 is 15.4 Å². The molecule has 0 bridgehead atoms. The maximum atomic E-state index is 12.6. The predicted molar refractivity (Wildman–Crippen MR) is 103 cm³/mol. The van der Waals surface area contributed by atoms with E-state index in [0.29, 0.717) is 24.3 Å². The van der Waals surface area contributed by atoms with Crippen LogP contribution in [-0.2, 0) is 9.59 Å². The average Bonchev–Trinajstić information content (AvgIpc) is 3.26. The van der Waals surface area contributed by atoms with Gasteiger partial charge in [-0.2, -0.15) is 5.10 Å². The SMILES string of the molecule is CCC1(CC)NC(=O)N(CC(=O)Nc2cc(-c3ccccc3OC)[nH]n2)C1=O. The van der Waals surface area contributed by atoms with Gasteiger partial charge in [-0.05, 0) is 25.0 Å². The molecule has 0 radical (unpaired) electrons. The minimum atomic E-state index is -0.930. The van der Waals surface area contributed by atoms with Gasteiger partial charge in [-0.1, -0.05) is 26.0 Å². The number of nitrogens with one attached hydrogen (secondary N) is 3. The summed E-state index contributed by atoms with van der Waals surface area (Å²) >= 11 is 0. The monoisotopic (exact) mass is 385 g/mol. The second kappa shape index (κ2) is 7.71. The molecule has 3 N–H and O–H groups in total. The lowest BCUT2D eigenvalue weighted by Crippen LogP contribution is -2.46. The molecular weight excluding hydrogens is 362 g/mol. The number of hydrogen-bond acceptors (Lipinski definition) is 5. The second-order valence-corrected chi connectivity index (χ2v) is 6.53. The van der Waals surface area contributed by atoms with Crippen LogP contribution in [0.2, 0.25) is 0 Å². The van der Waals surface area contributed by atoms with Crippen LogP contribution in [0.4, 0.5) is 10.6 Å². The lowest BCUT2D eigenvalue weighted by Gasteiger charge is -2.22. The molecule has 0 unspecified atom stereocenters. The first-order valence-electron chi connectivity index (χ1n) is 9.06. The van der Waals surface area contributed by atoms with E-state index in [1.165, 1.54) is 0 Å². The van der Waals surface area contributed by atoms with Crippen LogP contribution in [0.3, 0.4) is 0 Å². The highest BCUT2D eigenvalue weighted by molar-refractivity contribution is 6.10. The lowest BCUT2D eigenvalue weighted by molar-refractivity contribution is -0.134. The van der Waals surface area contributed by atoms with Gasteiger partial charge in [0, 0.05) is 11.6 Å². The molecule has 1 saturated heterocycles. The highest BCUT2D eigenvalue weighted by Gasteiger charge is 2.49. The number of aromatic amines is 1. The number of ether oxygens (including phenoxy) is 1. The van der Waals surface area contributed by atoms with Crippen LogP contribution in [0.5, 0.6) is 5.75 Å². The quantitative estimate of drug-likeness (QED) is 0.632. The highest BCUT2D eigenvalue weighted by Crippen LogP contribution is 2.29. The number of benzene rings is 1. The van der Waals surface area contributed by atoms with Crippen molar-refractivity contribution in [1.82, 2.24) is 20.4 Å². The van der Waals surface area contributed by atoms with Gasteiger partial charge in [-0.25, -0.2) is 4.79 Å². The summed E-state index contributed by atoms with van der Waals surface area (Å²) in [5.74, 6) is 0.0630. The molecule has 0 saturated carbocycles. The minimum absolute atomic E-state index is 0.287. The van der Waals surface area contributed by atoms with E-state index in [0.717, 1.165) is 10.5 Å². The molecule has 2 aromatic rings. The number of H-pyrrole nitrogens is 1. The van der Waals surface area contributed by atoms with Gasteiger partial charge in [0.1, 0.15) is 17.8 Å². The van der Waals surface area contributed by atoms with Crippen molar-refractivity contribution in [2.45, 2.75) is 32.2 Å². The van der Waals surface area contributed by atoms with Crippen LogP contribution in [0, 0.1) is 0 Å². The number of urea groups is 1. The molecule has 28 heavy (non-hydrogen) atoms. The summed E-state index contributed by atoms with van der Waals surface area (Å²) in [4.78, 5) is 38.0. The lowest BCUT2D eigenvalue weighted by atomic mass is 9.93. The number of aromatic nitrogens is 2. The van der Waals surface area contributed by atoms with Crippen LogP contribution in [0.25, 0.3) is 11.3 Å². The van der Waals surface area contributed by atoms with Gasteiger partial charge in [-0.3, -0.25) is 19.6 Å². The smallest absolute Gasteiger partial charge is 0.325 e. The topological polar surface area (TPSA) is 116 Å². The molecule has 0 atom stereocenters. The number of amides is 4. The number of methoxy groups -OCH3 is 1. The first kappa shape index (κ1) is 19.4. The molecule has 1 aromatic carbocycles. The van der Waals surface area contributed by atoms with Crippen molar-refractivity contribution in [1.29, 1.82) is 0 Å². The molecule has 1 aromatic heterocycles. The van der Waals surface area contributed by atoms with Crippen LogP contribution >= 0.6 is 0 Å².